The third-order valence-electron chi connectivity index (χ3n) is 3.69. The summed E-state index contributed by atoms with van der Waals surface area (Å²) in [5.41, 5.74) is -4.96. The molecule has 0 unspecified atom stereocenters. The van der Waals surface area contributed by atoms with Gasteiger partial charge in [0.15, 0.2) is 0 Å². The number of nitriles is 1. The van der Waals surface area contributed by atoms with E-state index in [4.69, 9.17) is 5.26 Å². The van der Waals surface area contributed by atoms with Crippen molar-refractivity contribution in [3.8, 4) is 11.8 Å². The quantitative estimate of drug-likeness (QED) is 0.241. The highest BCUT2D eigenvalue weighted by atomic mass is 19.4. The van der Waals surface area contributed by atoms with Crippen LogP contribution in [0.5, 0.6) is 5.75 Å². The second-order valence-electron chi connectivity index (χ2n) is 6.01. The molecule has 0 saturated carbocycles. The molecule has 4 nitrogen and oxygen atoms in total. The van der Waals surface area contributed by atoms with Gasteiger partial charge in [-0.15, -0.1) is 13.2 Å². The summed E-state index contributed by atoms with van der Waals surface area (Å²) < 4.78 is 117. The third-order valence-corrected chi connectivity index (χ3v) is 3.69. The van der Waals surface area contributed by atoms with E-state index in [0.717, 1.165) is 24.3 Å². The van der Waals surface area contributed by atoms with Crippen LogP contribution >= 0.6 is 0 Å². The minimum atomic E-state index is -5.10. The largest absolute Gasteiger partial charge is 0.573 e. The van der Waals surface area contributed by atoms with Gasteiger partial charge in [-0.05, 0) is 42.5 Å². The first-order valence-electron chi connectivity index (χ1n) is 8.17. The number of hydrogen-bond donors (Lipinski definition) is 1. The van der Waals surface area contributed by atoms with Gasteiger partial charge in [-0.25, -0.2) is 0 Å². The maximum Gasteiger partial charge on any atom is 0.573 e. The molecular formula is C19H9F9N2O2. The van der Waals surface area contributed by atoms with E-state index in [0.29, 0.717) is 18.3 Å². The Hall–Kier alpha value is -3.69. The molecule has 1 N–H and O–H groups in total. The van der Waals surface area contributed by atoms with E-state index in [-0.39, 0.29) is 11.6 Å². The van der Waals surface area contributed by atoms with Crippen LogP contribution in [0, 0.1) is 11.3 Å². The highest BCUT2D eigenvalue weighted by Gasteiger charge is 2.37. The van der Waals surface area contributed by atoms with Gasteiger partial charge >= 0.3 is 18.7 Å². The molecular weight excluding hydrogens is 459 g/mol. The van der Waals surface area contributed by atoms with E-state index in [1.165, 1.54) is 6.07 Å². The lowest BCUT2D eigenvalue weighted by atomic mass is 10.0. The zero-order valence-electron chi connectivity index (χ0n) is 15.3. The first-order valence-corrected chi connectivity index (χ1v) is 8.17. The maximum absolute atomic E-state index is 12.9. The molecule has 0 heterocycles. The number of Topliss-reactive ketones (excluding diaryl/α,β-unsaturated/α-hetero) is 1. The van der Waals surface area contributed by atoms with Crippen LogP contribution in [0.25, 0.3) is 0 Å². The minimum absolute atomic E-state index is 0.101. The van der Waals surface area contributed by atoms with Gasteiger partial charge in [0.25, 0.3) is 0 Å². The lowest BCUT2D eigenvalue weighted by Gasteiger charge is -2.14. The summed E-state index contributed by atoms with van der Waals surface area (Å²) in [6.45, 7) is 0. The molecule has 32 heavy (non-hydrogen) atoms. The van der Waals surface area contributed by atoms with E-state index in [1.54, 1.807) is 0 Å². The minimum Gasteiger partial charge on any atom is -0.406 e. The second kappa shape index (κ2) is 8.81. The van der Waals surface area contributed by atoms with Crippen LogP contribution in [-0.2, 0) is 12.4 Å². The number of hydrogen-bond acceptors (Lipinski definition) is 4. The number of nitrogens with one attached hydrogen (secondary N) is 1. The average molecular weight is 468 g/mol. The third kappa shape index (κ3) is 6.66. The Morgan fingerprint density at radius 1 is 0.875 bits per heavy atom. The van der Waals surface area contributed by atoms with Crippen molar-refractivity contribution in [3.63, 3.8) is 0 Å². The number of benzene rings is 2. The number of halogens is 9. The van der Waals surface area contributed by atoms with Crippen molar-refractivity contribution in [2.24, 2.45) is 0 Å². The van der Waals surface area contributed by atoms with Gasteiger partial charge in [0.2, 0.25) is 5.78 Å². The molecule has 0 aliphatic rings. The monoisotopic (exact) mass is 468 g/mol. The molecule has 0 bridgehead atoms. The Kier molecular flexibility index (Phi) is 6.77. The summed E-state index contributed by atoms with van der Waals surface area (Å²) in [5, 5.41) is 11.1. The summed E-state index contributed by atoms with van der Waals surface area (Å²) in [6, 6.07) is 5.33. The normalized spacial score (nSPS) is 12.8. The Morgan fingerprint density at radius 2 is 1.38 bits per heavy atom. The highest BCUT2D eigenvalue weighted by molar-refractivity contribution is 6.11. The first kappa shape index (κ1) is 24.6. The molecule has 0 saturated heterocycles. The van der Waals surface area contributed by atoms with Crippen molar-refractivity contribution in [3.05, 3.63) is 70.9 Å². The van der Waals surface area contributed by atoms with E-state index < -0.39 is 52.6 Å². The molecule has 2 rings (SSSR count). The van der Waals surface area contributed by atoms with Crippen molar-refractivity contribution in [1.82, 2.24) is 0 Å². The van der Waals surface area contributed by atoms with Crippen LogP contribution in [0.15, 0.2) is 54.2 Å². The number of rotatable bonds is 5. The average Bonchev–Trinajstić information content (AvgIpc) is 2.66. The van der Waals surface area contributed by atoms with Gasteiger partial charge in [0.1, 0.15) is 17.4 Å². The fourth-order valence-electron chi connectivity index (χ4n) is 2.31. The topological polar surface area (TPSA) is 62.1 Å². The van der Waals surface area contributed by atoms with Gasteiger partial charge in [0.05, 0.1) is 11.1 Å². The SMILES string of the molecule is N#CC(=CNc1cc(C(F)(F)F)cc(C(F)(F)F)c1)C(=O)c1ccc(OC(F)(F)F)cc1. The summed E-state index contributed by atoms with van der Waals surface area (Å²) in [7, 11) is 0. The van der Waals surface area contributed by atoms with Crippen LogP contribution in [0.1, 0.15) is 21.5 Å². The number of alkyl halides is 9. The molecule has 0 aliphatic heterocycles. The predicted octanol–water partition coefficient (Wildman–Crippen LogP) is 6.33. The van der Waals surface area contributed by atoms with Crippen molar-refractivity contribution in [2.75, 3.05) is 5.32 Å². The Labute approximate surface area is 173 Å². The summed E-state index contributed by atoms with van der Waals surface area (Å²) in [5.74, 6) is -1.71. The number of allylic oxidation sites excluding steroid dienone is 1. The van der Waals surface area contributed by atoms with Gasteiger partial charge in [0, 0.05) is 17.5 Å². The second-order valence-corrected chi connectivity index (χ2v) is 6.01. The van der Waals surface area contributed by atoms with Gasteiger partial charge in [-0.3, -0.25) is 4.79 Å². The molecule has 2 aromatic rings. The molecule has 13 heteroatoms. The lowest BCUT2D eigenvalue weighted by molar-refractivity contribution is -0.274. The number of ketones is 1. The zero-order valence-corrected chi connectivity index (χ0v) is 15.3. The molecule has 0 radical (unpaired) electrons. The van der Waals surface area contributed by atoms with Crippen molar-refractivity contribution >= 4 is 11.5 Å². The van der Waals surface area contributed by atoms with Crippen LogP contribution in [0.3, 0.4) is 0 Å². The van der Waals surface area contributed by atoms with Crippen molar-refractivity contribution in [1.29, 1.82) is 5.26 Å². The smallest absolute Gasteiger partial charge is 0.406 e. The standard InChI is InChI=1S/C19H9F9N2O2/c20-17(21,22)12-5-13(18(23,24)25)7-14(6-12)30-9-11(8-29)16(31)10-1-3-15(4-2-10)32-19(26,27)28/h1-7,9,30H. The molecule has 0 amide bonds. The molecule has 0 aromatic heterocycles. The zero-order chi connectivity index (χ0) is 24.3. The predicted molar refractivity (Wildman–Crippen MR) is 91.2 cm³/mol. The molecule has 0 aliphatic carbocycles. The Balaban J connectivity index is 2.31. The Morgan fingerprint density at radius 3 is 1.78 bits per heavy atom. The lowest BCUT2D eigenvalue weighted by Crippen LogP contribution is -2.17. The number of ether oxygens (including phenoxy) is 1. The van der Waals surface area contributed by atoms with Gasteiger partial charge < -0.3 is 10.1 Å². The molecule has 0 atom stereocenters. The van der Waals surface area contributed by atoms with Gasteiger partial charge in [-0.2, -0.15) is 31.6 Å². The van der Waals surface area contributed by atoms with Crippen LogP contribution in [-0.4, -0.2) is 12.1 Å². The van der Waals surface area contributed by atoms with E-state index >= 15 is 0 Å². The van der Waals surface area contributed by atoms with E-state index in [2.05, 4.69) is 4.74 Å². The van der Waals surface area contributed by atoms with E-state index in [9.17, 15) is 44.3 Å². The number of anilines is 1. The van der Waals surface area contributed by atoms with E-state index in [1.807, 2.05) is 5.32 Å². The summed E-state index contributed by atoms with van der Waals surface area (Å²) in [4.78, 5) is 12.3. The number of nitrogens with zero attached hydrogens (tertiary/aromatic N) is 1. The molecule has 2 aromatic carbocycles. The molecule has 170 valence electrons. The van der Waals surface area contributed by atoms with Crippen molar-refractivity contribution in [2.45, 2.75) is 18.7 Å². The van der Waals surface area contributed by atoms with Crippen molar-refractivity contribution < 1.29 is 49.0 Å². The highest BCUT2D eigenvalue weighted by Crippen LogP contribution is 2.37. The number of carbonyl (C=O) groups excluding carboxylic acids is 1. The fourth-order valence-corrected chi connectivity index (χ4v) is 2.31. The molecule has 0 spiro atoms. The summed E-state index contributed by atoms with van der Waals surface area (Å²) in [6.07, 6.45) is -14.6. The fraction of sp³-hybridized carbons (Fsp3) is 0.158. The van der Waals surface area contributed by atoms with Gasteiger partial charge in [-0.1, -0.05) is 0 Å². The van der Waals surface area contributed by atoms with Crippen LogP contribution < -0.4 is 10.1 Å². The Bertz CT molecular complexity index is 1030. The molecule has 0 fully saturated rings. The first-order chi connectivity index (χ1) is 14.6. The number of carbonyl (C=O) groups is 1. The van der Waals surface area contributed by atoms with Crippen LogP contribution in [0.2, 0.25) is 0 Å². The van der Waals surface area contributed by atoms with Crippen LogP contribution in [0.4, 0.5) is 45.2 Å². The summed E-state index contributed by atoms with van der Waals surface area (Å²) >= 11 is 0. The maximum atomic E-state index is 12.9.